The molecule has 0 fully saturated rings. The molecule has 0 N–H and O–H groups in total. The maximum Gasteiger partial charge on any atom is 0.187 e. The summed E-state index contributed by atoms with van der Waals surface area (Å²) >= 11 is 19.4. The molecule has 112 valence electrons. The minimum atomic E-state index is -3.87. The van der Waals surface area contributed by atoms with Gasteiger partial charge in [-0.15, -0.1) is 11.3 Å². The Hall–Kier alpha value is 0.0800. The predicted molar refractivity (Wildman–Crippen MR) is 92.6 cm³/mol. The molecule has 0 radical (unpaired) electrons. The van der Waals surface area contributed by atoms with E-state index in [1.54, 1.807) is 6.07 Å². The van der Waals surface area contributed by atoms with Gasteiger partial charge >= 0.3 is 0 Å². The van der Waals surface area contributed by atoms with Crippen LogP contribution in [0.5, 0.6) is 0 Å². The van der Waals surface area contributed by atoms with E-state index in [1.165, 1.54) is 29.5 Å². The van der Waals surface area contributed by atoms with Gasteiger partial charge in [0.15, 0.2) is 15.6 Å². The molecule has 0 unspecified atom stereocenters. The summed E-state index contributed by atoms with van der Waals surface area (Å²) in [5.41, 5.74) is 0.314. The maximum atomic E-state index is 12.3. The Balaban J connectivity index is 2.35. The Bertz CT molecular complexity index is 816. The SMILES string of the molecule is O=C(CS(=O)(=O)c1cc(Cl)ccc1Cl)c1cc(Br)sc1Br. The molecule has 1 aromatic carbocycles. The van der Waals surface area contributed by atoms with E-state index in [1.807, 2.05) is 0 Å². The molecule has 0 aliphatic rings. The second-order valence-electron chi connectivity index (χ2n) is 3.99. The monoisotopic (exact) mass is 490 g/mol. The van der Waals surface area contributed by atoms with Crippen LogP contribution in [0.3, 0.4) is 0 Å². The van der Waals surface area contributed by atoms with E-state index >= 15 is 0 Å². The van der Waals surface area contributed by atoms with Crippen molar-refractivity contribution in [2.75, 3.05) is 5.75 Å². The molecule has 1 aromatic heterocycles. The second kappa shape index (κ2) is 6.68. The summed E-state index contributed by atoms with van der Waals surface area (Å²) in [7, 11) is -3.87. The van der Waals surface area contributed by atoms with E-state index in [4.69, 9.17) is 23.2 Å². The van der Waals surface area contributed by atoms with Crippen molar-refractivity contribution in [2.24, 2.45) is 0 Å². The molecular weight excluding hydrogens is 487 g/mol. The number of sulfone groups is 1. The summed E-state index contributed by atoms with van der Waals surface area (Å²) in [5.74, 6) is -1.19. The van der Waals surface area contributed by atoms with Crippen LogP contribution in [0.25, 0.3) is 0 Å². The first kappa shape index (κ1) is 17.4. The Morgan fingerprint density at radius 1 is 1.19 bits per heavy atom. The lowest BCUT2D eigenvalue weighted by Crippen LogP contribution is -2.16. The van der Waals surface area contributed by atoms with E-state index in [9.17, 15) is 13.2 Å². The topological polar surface area (TPSA) is 51.2 Å². The third kappa shape index (κ3) is 4.09. The van der Waals surface area contributed by atoms with Crippen LogP contribution in [0.15, 0.2) is 36.7 Å². The fourth-order valence-corrected chi connectivity index (χ4v) is 6.46. The van der Waals surface area contributed by atoms with Crippen molar-refractivity contribution in [3.63, 3.8) is 0 Å². The minimum Gasteiger partial charge on any atom is -0.293 e. The molecule has 0 bridgehead atoms. The largest absolute Gasteiger partial charge is 0.293 e. The van der Waals surface area contributed by atoms with Gasteiger partial charge in [-0.25, -0.2) is 8.42 Å². The molecule has 2 aromatic rings. The van der Waals surface area contributed by atoms with Crippen molar-refractivity contribution in [2.45, 2.75) is 4.90 Å². The Labute approximate surface area is 152 Å². The molecule has 2 rings (SSSR count). The zero-order valence-corrected chi connectivity index (χ0v) is 16.4. The zero-order chi connectivity index (χ0) is 15.8. The van der Waals surface area contributed by atoms with Gasteiger partial charge in [-0.1, -0.05) is 23.2 Å². The first-order valence-corrected chi connectivity index (χ1v) is 10.2. The van der Waals surface area contributed by atoms with E-state index in [0.717, 1.165) is 3.79 Å². The molecule has 0 saturated heterocycles. The lowest BCUT2D eigenvalue weighted by Gasteiger charge is -2.06. The van der Waals surface area contributed by atoms with Crippen molar-refractivity contribution in [3.05, 3.63) is 47.4 Å². The van der Waals surface area contributed by atoms with Crippen LogP contribution in [0.4, 0.5) is 0 Å². The first-order chi connectivity index (χ1) is 9.70. The van der Waals surface area contributed by atoms with Gasteiger partial charge in [0.25, 0.3) is 0 Å². The van der Waals surface area contributed by atoms with Gasteiger partial charge in [0.05, 0.1) is 17.5 Å². The molecule has 21 heavy (non-hydrogen) atoms. The fraction of sp³-hybridized carbons (Fsp3) is 0.0833. The molecule has 0 spiro atoms. The average molecular weight is 493 g/mol. The fourth-order valence-electron chi connectivity index (χ4n) is 1.57. The number of carbonyl (C=O) groups is 1. The smallest absolute Gasteiger partial charge is 0.187 e. The molecule has 0 atom stereocenters. The quantitative estimate of drug-likeness (QED) is 0.549. The Morgan fingerprint density at radius 2 is 1.86 bits per heavy atom. The van der Waals surface area contributed by atoms with Crippen LogP contribution < -0.4 is 0 Å². The normalized spacial score (nSPS) is 11.6. The number of ketones is 1. The lowest BCUT2D eigenvalue weighted by molar-refractivity contribution is 0.102. The van der Waals surface area contributed by atoms with E-state index in [0.29, 0.717) is 9.35 Å². The van der Waals surface area contributed by atoms with E-state index in [-0.39, 0.29) is 14.9 Å². The molecule has 0 amide bonds. The van der Waals surface area contributed by atoms with Gasteiger partial charge < -0.3 is 0 Å². The minimum absolute atomic E-state index is 0.0396. The highest BCUT2D eigenvalue weighted by atomic mass is 79.9. The highest BCUT2D eigenvalue weighted by Gasteiger charge is 2.25. The zero-order valence-electron chi connectivity index (χ0n) is 10.1. The number of benzene rings is 1. The maximum absolute atomic E-state index is 12.3. The van der Waals surface area contributed by atoms with Crippen LogP contribution in [0, 0.1) is 0 Å². The summed E-state index contributed by atoms with van der Waals surface area (Å²) in [5, 5.41) is 0.280. The van der Waals surface area contributed by atoms with Gasteiger partial charge in [0.1, 0.15) is 5.75 Å². The summed E-state index contributed by atoms with van der Waals surface area (Å²) in [6.07, 6.45) is 0. The summed E-state index contributed by atoms with van der Waals surface area (Å²) < 4.78 is 25.9. The Morgan fingerprint density at radius 3 is 2.43 bits per heavy atom. The van der Waals surface area contributed by atoms with Crippen molar-refractivity contribution in [1.82, 2.24) is 0 Å². The van der Waals surface area contributed by atoms with Gasteiger partial charge in [-0.3, -0.25) is 4.79 Å². The van der Waals surface area contributed by atoms with Crippen molar-refractivity contribution >= 4 is 82.0 Å². The first-order valence-electron chi connectivity index (χ1n) is 5.36. The van der Waals surface area contributed by atoms with Crippen LogP contribution >= 0.6 is 66.4 Å². The van der Waals surface area contributed by atoms with Gasteiger partial charge in [0.2, 0.25) is 0 Å². The highest BCUT2D eigenvalue weighted by molar-refractivity contribution is 9.12. The Kier molecular flexibility index (Phi) is 5.55. The van der Waals surface area contributed by atoms with Crippen molar-refractivity contribution in [1.29, 1.82) is 0 Å². The summed E-state index contributed by atoms with van der Waals surface area (Å²) in [6, 6.07) is 5.69. The number of hydrogen-bond acceptors (Lipinski definition) is 4. The summed E-state index contributed by atoms with van der Waals surface area (Å²) in [6.45, 7) is 0. The van der Waals surface area contributed by atoms with Gasteiger partial charge in [-0.2, -0.15) is 0 Å². The standard InChI is InChI=1S/C12H6Br2Cl2O3S2/c13-11-4-7(12(14)20-11)9(17)5-21(18,19)10-3-6(15)1-2-8(10)16/h1-4H,5H2. The van der Waals surface area contributed by atoms with Gasteiger partial charge in [0, 0.05) is 10.6 Å². The van der Waals surface area contributed by atoms with E-state index < -0.39 is 21.4 Å². The molecule has 9 heteroatoms. The number of hydrogen-bond donors (Lipinski definition) is 0. The lowest BCUT2D eigenvalue weighted by atomic mass is 10.2. The van der Waals surface area contributed by atoms with Crippen LogP contribution in [-0.4, -0.2) is 20.0 Å². The number of halogens is 4. The second-order valence-corrected chi connectivity index (χ2v) is 10.5. The average Bonchev–Trinajstić information content (AvgIpc) is 2.71. The van der Waals surface area contributed by atoms with Crippen LogP contribution in [0.1, 0.15) is 10.4 Å². The number of carbonyl (C=O) groups excluding carboxylic acids is 1. The molecular formula is C12H6Br2Cl2O3S2. The highest BCUT2D eigenvalue weighted by Crippen LogP contribution is 2.33. The number of Topliss-reactive ketones (excluding diaryl/α,β-unsaturated/α-hetero) is 1. The van der Waals surface area contributed by atoms with Crippen molar-refractivity contribution < 1.29 is 13.2 Å². The number of rotatable bonds is 4. The summed E-state index contributed by atoms with van der Waals surface area (Å²) in [4.78, 5) is 12.0. The third-order valence-electron chi connectivity index (χ3n) is 2.51. The van der Waals surface area contributed by atoms with Crippen LogP contribution in [0.2, 0.25) is 10.0 Å². The van der Waals surface area contributed by atoms with Crippen LogP contribution in [-0.2, 0) is 9.84 Å². The third-order valence-corrected chi connectivity index (χ3v) is 7.17. The molecule has 0 aliphatic heterocycles. The molecule has 1 heterocycles. The molecule has 0 saturated carbocycles. The van der Waals surface area contributed by atoms with Crippen molar-refractivity contribution in [3.8, 4) is 0 Å². The van der Waals surface area contributed by atoms with E-state index in [2.05, 4.69) is 31.9 Å². The molecule has 3 nitrogen and oxygen atoms in total. The number of thiophene rings is 1. The van der Waals surface area contributed by atoms with Gasteiger partial charge in [-0.05, 0) is 56.1 Å². The predicted octanol–water partition coefficient (Wildman–Crippen LogP) is 5.24. The molecule has 0 aliphatic carbocycles.